The second kappa shape index (κ2) is 6.76. The van der Waals surface area contributed by atoms with Crippen molar-refractivity contribution < 1.29 is 9.13 Å². The number of thioether (sulfide) groups is 1. The van der Waals surface area contributed by atoms with Crippen molar-refractivity contribution in [3.63, 3.8) is 0 Å². The van der Waals surface area contributed by atoms with Crippen molar-refractivity contribution in [2.45, 2.75) is 19.4 Å². The minimum Gasteiger partial charge on any atom is -0.494 e. The molecular weight excluding hydrogens is 225 g/mol. The largest absolute Gasteiger partial charge is 0.494 e. The lowest BCUT2D eigenvalue weighted by Crippen LogP contribution is -2.13. The van der Waals surface area contributed by atoms with Gasteiger partial charge in [0.15, 0.2) is 11.6 Å². The van der Waals surface area contributed by atoms with Gasteiger partial charge in [-0.1, -0.05) is 13.0 Å². The Bertz CT molecular complexity index is 333. The van der Waals surface area contributed by atoms with Crippen LogP contribution in [0.1, 0.15) is 24.9 Å². The molecule has 0 bridgehead atoms. The molecule has 1 unspecified atom stereocenters. The molecule has 2 N–H and O–H groups in total. The molecule has 2 nitrogen and oxygen atoms in total. The standard InChI is InChI=1S/C12H18FNOS/c1-3-6-16-8-11(14)9-4-5-12(15-2)10(13)7-9/h4-5,7,11H,3,6,8,14H2,1-2H3. The first kappa shape index (κ1) is 13.3. The topological polar surface area (TPSA) is 35.2 Å². The second-order valence-corrected chi connectivity index (χ2v) is 4.73. The number of benzene rings is 1. The molecule has 0 aromatic heterocycles. The normalized spacial score (nSPS) is 12.5. The smallest absolute Gasteiger partial charge is 0.165 e. The van der Waals surface area contributed by atoms with E-state index >= 15 is 0 Å². The quantitative estimate of drug-likeness (QED) is 0.780. The number of hydrogen-bond donors (Lipinski definition) is 1. The number of ether oxygens (including phenoxy) is 1. The van der Waals surface area contributed by atoms with Gasteiger partial charge in [0.2, 0.25) is 0 Å². The number of halogens is 1. The van der Waals surface area contributed by atoms with Crippen LogP contribution in [0.4, 0.5) is 4.39 Å². The summed E-state index contributed by atoms with van der Waals surface area (Å²) in [6.07, 6.45) is 1.13. The van der Waals surface area contributed by atoms with Crippen molar-refractivity contribution in [1.29, 1.82) is 0 Å². The molecule has 16 heavy (non-hydrogen) atoms. The molecule has 1 rings (SSSR count). The minimum absolute atomic E-state index is 0.114. The summed E-state index contributed by atoms with van der Waals surface area (Å²) < 4.78 is 18.3. The monoisotopic (exact) mass is 243 g/mol. The summed E-state index contributed by atoms with van der Waals surface area (Å²) in [6.45, 7) is 2.13. The Morgan fingerprint density at radius 3 is 2.81 bits per heavy atom. The Kier molecular flexibility index (Phi) is 5.63. The SMILES string of the molecule is CCCSCC(N)c1ccc(OC)c(F)c1. The zero-order chi connectivity index (χ0) is 12.0. The van der Waals surface area contributed by atoms with Crippen LogP contribution in [0.15, 0.2) is 18.2 Å². The van der Waals surface area contributed by atoms with Crippen molar-refractivity contribution in [3.05, 3.63) is 29.6 Å². The third-order valence-electron chi connectivity index (χ3n) is 2.25. The van der Waals surface area contributed by atoms with Crippen molar-refractivity contribution in [1.82, 2.24) is 0 Å². The van der Waals surface area contributed by atoms with Gasteiger partial charge in [0.25, 0.3) is 0 Å². The maximum absolute atomic E-state index is 13.4. The zero-order valence-corrected chi connectivity index (χ0v) is 10.5. The first-order chi connectivity index (χ1) is 7.69. The third-order valence-corrected chi connectivity index (χ3v) is 3.54. The van der Waals surface area contributed by atoms with E-state index in [1.165, 1.54) is 13.2 Å². The van der Waals surface area contributed by atoms with E-state index in [-0.39, 0.29) is 17.6 Å². The maximum Gasteiger partial charge on any atom is 0.165 e. The second-order valence-electron chi connectivity index (χ2n) is 3.58. The van der Waals surface area contributed by atoms with Crippen LogP contribution in [0.25, 0.3) is 0 Å². The fourth-order valence-electron chi connectivity index (χ4n) is 1.36. The average Bonchev–Trinajstić information content (AvgIpc) is 2.29. The predicted octanol–water partition coefficient (Wildman–Crippen LogP) is 2.98. The van der Waals surface area contributed by atoms with E-state index in [1.54, 1.807) is 17.8 Å². The molecule has 0 radical (unpaired) electrons. The van der Waals surface area contributed by atoms with Crippen LogP contribution in [-0.2, 0) is 0 Å². The highest BCUT2D eigenvalue weighted by molar-refractivity contribution is 7.99. The summed E-state index contributed by atoms with van der Waals surface area (Å²) in [6, 6.07) is 4.78. The van der Waals surface area contributed by atoms with Gasteiger partial charge in [0, 0.05) is 11.8 Å². The summed E-state index contributed by atoms with van der Waals surface area (Å²) in [4.78, 5) is 0. The number of methoxy groups -OCH3 is 1. The molecule has 1 aromatic carbocycles. The molecule has 0 aliphatic carbocycles. The molecule has 4 heteroatoms. The fourth-order valence-corrected chi connectivity index (χ4v) is 2.27. The first-order valence-electron chi connectivity index (χ1n) is 5.35. The lowest BCUT2D eigenvalue weighted by atomic mass is 10.1. The van der Waals surface area contributed by atoms with E-state index < -0.39 is 0 Å². The maximum atomic E-state index is 13.4. The number of rotatable bonds is 6. The van der Waals surface area contributed by atoms with E-state index in [4.69, 9.17) is 10.5 Å². The van der Waals surface area contributed by atoms with Gasteiger partial charge in [0.1, 0.15) is 0 Å². The molecular formula is C12H18FNOS. The first-order valence-corrected chi connectivity index (χ1v) is 6.51. The summed E-state index contributed by atoms with van der Waals surface area (Å²) in [5.41, 5.74) is 6.79. The fraction of sp³-hybridized carbons (Fsp3) is 0.500. The lowest BCUT2D eigenvalue weighted by molar-refractivity contribution is 0.386. The minimum atomic E-state index is -0.351. The Morgan fingerprint density at radius 2 is 2.25 bits per heavy atom. The predicted molar refractivity (Wildman–Crippen MR) is 67.5 cm³/mol. The van der Waals surface area contributed by atoms with E-state index in [1.807, 2.05) is 6.07 Å². The number of hydrogen-bond acceptors (Lipinski definition) is 3. The highest BCUT2D eigenvalue weighted by Crippen LogP contribution is 2.22. The van der Waals surface area contributed by atoms with E-state index in [0.717, 1.165) is 23.5 Å². The Morgan fingerprint density at radius 1 is 1.50 bits per heavy atom. The molecule has 0 saturated carbocycles. The van der Waals surface area contributed by atoms with Gasteiger partial charge < -0.3 is 10.5 Å². The molecule has 1 aromatic rings. The summed E-state index contributed by atoms with van der Waals surface area (Å²) >= 11 is 1.79. The molecule has 90 valence electrons. The summed E-state index contributed by atoms with van der Waals surface area (Å²) in [7, 11) is 1.45. The number of nitrogens with two attached hydrogens (primary N) is 1. The third kappa shape index (κ3) is 3.68. The molecule has 0 spiro atoms. The Balaban J connectivity index is 2.62. The molecule has 0 heterocycles. The van der Waals surface area contributed by atoms with E-state index in [9.17, 15) is 4.39 Å². The highest BCUT2D eigenvalue weighted by Gasteiger charge is 2.09. The van der Waals surface area contributed by atoms with Crippen molar-refractivity contribution in [2.75, 3.05) is 18.6 Å². The van der Waals surface area contributed by atoms with Crippen LogP contribution >= 0.6 is 11.8 Å². The van der Waals surface area contributed by atoms with Crippen LogP contribution in [-0.4, -0.2) is 18.6 Å². The van der Waals surface area contributed by atoms with Crippen molar-refractivity contribution in [2.24, 2.45) is 5.73 Å². The van der Waals surface area contributed by atoms with E-state index in [0.29, 0.717) is 0 Å². The van der Waals surface area contributed by atoms with Gasteiger partial charge in [-0.05, 0) is 29.9 Å². The van der Waals surface area contributed by atoms with Crippen molar-refractivity contribution in [3.8, 4) is 5.75 Å². The molecule has 0 aliphatic rings. The van der Waals surface area contributed by atoms with Crippen LogP contribution in [0, 0.1) is 5.82 Å². The van der Waals surface area contributed by atoms with Gasteiger partial charge in [-0.15, -0.1) is 0 Å². The van der Waals surface area contributed by atoms with Gasteiger partial charge in [-0.3, -0.25) is 0 Å². The zero-order valence-electron chi connectivity index (χ0n) is 9.70. The van der Waals surface area contributed by atoms with Gasteiger partial charge in [-0.2, -0.15) is 11.8 Å². The summed E-state index contributed by atoms with van der Waals surface area (Å²) in [5.74, 6) is 1.82. The highest BCUT2D eigenvalue weighted by atomic mass is 32.2. The van der Waals surface area contributed by atoms with Gasteiger partial charge >= 0.3 is 0 Å². The van der Waals surface area contributed by atoms with Crippen molar-refractivity contribution >= 4 is 11.8 Å². The van der Waals surface area contributed by atoms with Crippen LogP contribution in [0.3, 0.4) is 0 Å². The van der Waals surface area contributed by atoms with Gasteiger partial charge in [0.05, 0.1) is 7.11 Å². The molecule has 0 amide bonds. The van der Waals surface area contributed by atoms with Crippen LogP contribution < -0.4 is 10.5 Å². The molecule has 0 aliphatic heterocycles. The lowest BCUT2D eigenvalue weighted by Gasteiger charge is -2.12. The Hall–Kier alpha value is -0.740. The van der Waals surface area contributed by atoms with Crippen LogP contribution in [0.5, 0.6) is 5.75 Å². The Labute approximate surface area is 100 Å². The molecule has 0 saturated heterocycles. The molecule has 0 fully saturated rings. The average molecular weight is 243 g/mol. The van der Waals surface area contributed by atoms with E-state index in [2.05, 4.69) is 6.92 Å². The van der Waals surface area contributed by atoms with Crippen LogP contribution in [0.2, 0.25) is 0 Å². The molecule has 1 atom stereocenters. The van der Waals surface area contributed by atoms with Gasteiger partial charge in [-0.25, -0.2) is 4.39 Å². The summed E-state index contributed by atoms with van der Waals surface area (Å²) in [5, 5.41) is 0.